The molecule has 0 aliphatic carbocycles. The van der Waals surface area contributed by atoms with Crippen LogP contribution in [0.5, 0.6) is 0 Å². The number of benzene rings is 1. The van der Waals surface area contributed by atoms with Gasteiger partial charge in [0.1, 0.15) is 5.82 Å². The minimum atomic E-state index is -0.741. The molecule has 0 saturated heterocycles. The lowest BCUT2D eigenvalue weighted by molar-refractivity contribution is 0.0964. The monoisotopic (exact) mass is 201 g/mol. The molecule has 0 bridgehead atoms. The van der Waals surface area contributed by atoms with Crippen LogP contribution in [0.1, 0.15) is 17.3 Å². The summed E-state index contributed by atoms with van der Waals surface area (Å²) in [6.07, 6.45) is 0. The van der Waals surface area contributed by atoms with E-state index in [0.717, 1.165) is 0 Å². The van der Waals surface area contributed by atoms with Crippen LogP contribution in [0, 0.1) is 5.82 Å². The zero-order valence-corrected chi connectivity index (χ0v) is 7.81. The predicted molar refractivity (Wildman–Crippen MR) is 49.4 cm³/mol. The van der Waals surface area contributed by atoms with Gasteiger partial charge in [0.2, 0.25) is 0 Å². The smallest absolute Gasteiger partial charge is 0.183 e. The molecule has 0 spiro atoms. The molecule has 0 fully saturated rings. The molecule has 0 radical (unpaired) electrons. The van der Waals surface area contributed by atoms with Crippen LogP contribution in [-0.2, 0) is 0 Å². The lowest BCUT2D eigenvalue weighted by atomic mass is 10.1. The van der Waals surface area contributed by atoms with Crippen LogP contribution in [0.25, 0.3) is 0 Å². The summed E-state index contributed by atoms with van der Waals surface area (Å²) >= 11 is 5.65. The van der Waals surface area contributed by atoms with Crippen LogP contribution in [0.15, 0.2) is 18.2 Å². The summed E-state index contributed by atoms with van der Waals surface area (Å²) in [6.45, 7) is 1.49. The molecule has 0 saturated carbocycles. The van der Waals surface area contributed by atoms with Gasteiger partial charge in [-0.15, -0.1) is 0 Å². The van der Waals surface area contributed by atoms with Gasteiger partial charge in [-0.05, 0) is 19.1 Å². The van der Waals surface area contributed by atoms with Crippen molar-refractivity contribution in [1.82, 2.24) is 0 Å². The van der Waals surface area contributed by atoms with Crippen LogP contribution in [0.2, 0.25) is 5.02 Å². The van der Waals surface area contributed by atoms with E-state index < -0.39 is 17.6 Å². The maximum atomic E-state index is 13.1. The average molecular weight is 202 g/mol. The fourth-order valence-electron chi connectivity index (χ4n) is 0.961. The first kappa shape index (κ1) is 10.2. The third kappa shape index (κ3) is 2.05. The Morgan fingerprint density at radius 1 is 1.62 bits per heavy atom. The Hall–Kier alpha value is -0.930. The van der Waals surface area contributed by atoms with E-state index in [0.29, 0.717) is 0 Å². The Kier molecular flexibility index (Phi) is 3.01. The number of hydrogen-bond donors (Lipinski definition) is 1. The van der Waals surface area contributed by atoms with Crippen LogP contribution >= 0.6 is 11.6 Å². The third-order valence-corrected chi connectivity index (χ3v) is 1.94. The summed E-state index contributed by atoms with van der Waals surface area (Å²) in [7, 11) is 0. The van der Waals surface area contributed by atoms with Gasteiger partial charge in [0.25, 0.3) is 0 Å². The molecule has 1 rings (SSSR count). The molecule has 0 aliphatic heterocycles. The second kappa shape index (κ2) is 3.85. The van der Waals surface area contributed by atoms with Crippen molar-refractivity contribution in [1.29, 1.82) is 0 Å². The Balaban J connectivity index is 3.20. The number of Topliss-reactive ketones (excluding diaryl/α,β-unsaturated/α-hetero) is 1. The lowest BCUT2D eigenvalue weighted by Crippen LogP contribution is -2.27. The second-order valence-corrected chi connectivity index (χ2v) is 3.16. The van der Waals surface area contributed by atoms with Gasteiger partial charge in [-0.2, -0.15) is 0 Å². The van der Waals surface area contributed by atoms with Gasteiger partial charge in [-0.3, -0.25) is 4.79 Å². The topological polar surface area (TPSA) is 43.1 Å². The first-order valence-electron chi connectivity index (χ1n) is 3.78. The standard InChI is InChI=1S/C9H9ClFNO/c1-5(12)9(13)8-6(10)3-2-4-7(8)11/h2-5H,12H2,1H3. The number of rotatable bonds is 2. The average Bonchev–Trinajstić information content (AvgIpc) is 2.03. The highest BCUT2D eigenvalue weighted by Crippen LogP contribution is 2.19. The van der Waals surface area contributed by atoms with Crippen molar-refractivity contribution in [3.8, 4) is 0 Å². The molecule has 0 heterocycles. The zero-order valence-electron chi connectivity index (χ0n) is 7.05. The predicted octanol–water partition coefficient (Wildman–Crippen LogP) is 2.01. The molecule has 2 N–H and O–H groups in total. The van der Waals surface area contributed by atoms with Gasteiger partial charge in [-0.25, -0.2) is 4.39 Å². The molecule has 13 heavy (non-hydrogen) atoms. The van der Waals surface area contributed by atoms with Crippen LogP contribution in [0.4, 0.5) is 4.39 Å². The zero-order chi connectivity index (χ0) is 10.0. The second-order valence-electron chi connectivity index (χ2n) is 2.75. The highest BCUT2D eigenvalue weighted by atomic mass is 35.5. The highest BCUT2D eigenvalue weighted by molar-refractivity contribution is 6.34. The Bertz CT molecular complexity index is 318. The van der Waals surface area contributed by atoms with Gasteiger partial charge >= 0.3 is 0 Å². The van der Waals surface area contributed by atoms with Crippen molar-refractivity contribution < 1.29 is 9.18 Å². The van der Waals surface area contributed by atoms with Gasteiger partial charge in [0.15, 0.2) is 5.78 Å². The van der Waals surface area contributed by atoms with E-state index in [1.807, 2.05) is 0 Å². The molecule has 1 atom stereocenters. The van der Waals surface area contributed by atoms with Crippen molar-refractivity contribution in [2.24, 2.45) is 5.73 Å². The van der Waals surface area contributed by atoms with Gasteiger partial charge < -0.3 is 5.73 Å². The number of halogens is 2. The van der Waals surface area contributed by atoms with Gasteiger partial charge in [0.05, 0.1) is 16.6 Å². The highest BCUT2D eigenvalue weighted by Gasteiger charge is 2.18. The van der Waals surface area contributed by atoms with Crippen LogP contribution in [-0.4, -0.2) is 11.8 Å². The van der Waals surface area contributed by atoms with Crippen molar-refractivity contribution in [3.05, 3.63) is 34.6 Å². The minimum Gasteiger partial charge on any atom is -0.321 e. The summed E-state index contributed by atoms with van der Waals surface area (Å²) in [5, 5.41) is 0.0994. The fraction of sp³-hybridized carbons (Fsp3) is 0.222. The van der Waals surface area contributed by atoms with Gasteiger partial charge in [0, 0.05) is 0 Å². The summed E-state index contributed by atoms with van der Waals surface area (Å²) in [5.74, 6) is -1.11. The fourth-order valence-corrected chi connectivity index (χ4v) is 1.22. The Morgan fingerprint density at radius 3 is 2.69 bits per heavy atom. The molecule has 70 valence electrons. The molecule has 1 aromatic carbocycles. The Labute approximate surface area is 80.5 Å². The van der Waals surface area contributed by atoms with Crippen LogP contribution in [0.3, 0.4) is 0 Å². The van der Waals surface area contributed by atoms with E-state index in [-0.39, 0.29) is 10.6 Å². The van der Waals surface area contributed by atoms with E-state index in [4.69, 9.17) is 17.3 Å². The summed E-state index contributed by atoms with van der Waals surface area (Å²) in [6, 6.07) is 3.34. The molecule has 0 aromatic heterocycles. The number of carbonyl (C=O) groups is 1. The quantitative estimate of drug-likeness (QED) is 0.744. The summed E-state index contributed by atoms with van der Waals surface area (Å²) in [5.41, 5.74) is 5.21. The lowest BCUT2D eigenvalue weighted by Gasteiger charge is -2.06. The Morgan fingerprint density at radius 2 is 2.23 bits per heavy atom. The minimum absolute atomic E-state index is 0.0994. The van der Waals surface area contributed by atoms with Crippen molar-refractivity contribution in [2.45, 2.75) is 13.0 Å². The van der Waals surface area contributed by atoms with Crippen LogP contribution < -0.4 is 5.73 Å². The van der Waals surface area contributed by atoms with E-state index in [1.165, 1.54) is 25.1 Å². The van der Waals surface area contributed by atoms with Crippen molar-refractivity contribution >= 4 is 17.4 Å². The maximum absolute atomic E-state index is 13.1. The SMILES string of the molecule is CC(N)C(=O)c1c(F)cccc1Cl. The van der Waals surface area contributed by atoms with E-state index in [2.05, 4.69) is 0 Å². The first-order chi connectivity index (χ1) is 6.04. The molecule has 0 aliphatic rings. The summed E-state index contributed by atoms with van der Waals surface area (Å²) < 4.78 is 13.1. The molecular formula is C9H9ClFNO. The van der Waals surface area contributed by atoms with Crippen molar-refractivity contribution in [3.63, 3.8) is 0 Å². The summed E-state index contributed by atoms with van der Waals surface area (Å²) in [4.78, 5) is 11.3. The number of hydrogen-bond acceptors (Lipinski definition) is 2. The molecular weight excluding hydrogens is 193 g/mol. The largest absolute Gasteiger partial charge is 0.321 e. The number of nitrogens with two attached hydrogens (primary N) is 1. The molecule has 1 aromatic rings. The first-order valence-corrected chi connectivity index (χ1v) is 4.15. The van der Waals surface area contributed by atoms with E-state index >= 15 is 0 Å². The van der Waals surface area contributed by atoms with Gasteiger partial charge in [-0.1, -0.05) is 17.7 Å². The van der Waals surface area contributed by atoms with Crippen molar-refractivity contribution in [2.75, 3.05) is 0 Å². The number of carbonyl (C=O) groups excluding carboxylic acids is 1. The number of ketones is 1. The van der Waals surface area contributed by atoms with E-state index in [9.17, 15) is 9.18 Å². The van der Waals surface area contributed by atoms with E-state index in [1.54, 1.807) is 0 Å². The molecule has 1 unspecified atom stereocenters. The molecule has 4 heteroatoms. The molecule has 0 amide bonds. The molecule has 2 nitrogen and oxygen atoms in total. The maximum Gasteiger partial charge on any atom is 0.183 e. The normalized spacial score (nSPS) is 12.6. The third-order valence-electron chi connectivity index (χ3n) is 1.62.